The van der Waals surface area contributed by atoms with Crippen LogP contribution in [0.5, 0.6) is 0 Å². The van der Waals surface area contributed by atoms with Crippen LogP contribution in [0.15, 0.2) is 39.9 Å². The first-order valence-electron chi connectivity index (χ1n) is 4.76. The minimum absolute atomic E-state index is 0.0127. The average Bonchev–Trinajstić information content (AvgIpc) is 2.32. The van der Waals surface area contributed by atoms with Gasteiger partial charge in [0.25, 0.3) is 0 Å². The van der Waals surface area contributed by atoms with Crippen LogP contribution in [0.2, 0.25) is 0 Å². The van der Waals surface area contributed by atoms with Crippen LogP contribution >= 0.6 is 10.0 Å². The third-order valence-electron chi connectivity index (χ3n) is 1.82. The van der Waals surface area contributed by atoms with Gasteiger partial charge in [0.15, 0.2) is 0 Å². The summed E-state index contributed by atoms with van der Waals surface area (Å²) in [4.78, 5) is 0. The Balaban J connectivity index is 2.21. The van der Waals surface area contributed by atoms with Gasteiger partial charge in [-0.1, -0.05) is 0 Å². The van der Waals surface area contributed by atoms with E-state index < -0.39 is 12.3 Å². The van der Waals surface area contributed by atoms with Gasteiger partial charge < -0.3 is 0 Å². The fraction of sp³-hybridized carbons (Fsp3) is 0.222. The van der Waals surface area contributed by atoms with Gasteiger partial charge >= 0.3 is 105 Å². The number of hydrogen-bond acceptors (Lipinski definition) is 4. The first-order valence-corrected chi connectivity index (χ1v) is 12.2. The quantitative estimate of drug-likeness (QED) is 0.633. The summed E-state index contributed by atoms with van der Waals surface area (Å²) in [5, 5.41) is 4.25. The van der Waals surface area contributed by atoms with Crippen molar-refractivity contribution in [3.63, 3.8) is 0 Å². The van der Waals surface area contributed by atoms with Gasteiger partial charge in [-0.25, -0.2) is 0 Å². The summed E-state index contributed by atoms with van der Waals surface area (Å²) < 4.78 is 7.02. The summed E-state index contributed by atoms with van der Waals surface area (Å²) in [6, 6.07) is 10.7. The Labute approximate surface area is 105 Å². The van der Waals surface area contributed by atoms with Gasteiger partial charge in [-0.05, 0) is 0 Å². The van der Waals surface area contributed by atoms with Crippen molar-refractivity contribution >= 4 is 40.0 Å². The van der Waals surface area contributed by atoms with E-state index >= 15 is 0 Å². The van der Waals surface area contributed by atoms with Crippen LogP contribution in [0.25, 0.3) is 0 Å². The fourth-order valence-corrected chi connectivity index (χ4v) is 15.4. The van der Waals surface area contributed by atoms with Gasteiger partial charge in [-0.2, -0.15) is 0 Å². The predicted molar refractivity (Wildman–Crippen MR) is 74.8 cm³/mol. The van der Waals surface area contributed by atoms with Crippen LogP contribution in [0.4, 0.5) is 0 Å². The molecule has 0 radical (unpaired) electrons. The van der Waals surface area contributed by atoms with E-state index in [1.54, 1.807) is 0 Å². The van der Waals surface area contributed by atoms with Crippen molar-refractivity contribution < 1.29 is 0 Å². The van der Waals surface area contributed by atoms with E-state index in [4.69, 9.17) is 0 Å². The number of nitrogens with one attached hydrogen (secondary N) is 2. The molecule has 16 heavy (non-hydrogen) atoms. The Hall–Kier alpha value is -0.292. The van der Waals surface area contributed by atoms with Gasteiger partial charge in [0.2, 0.25) is 0 Å². The summed E-state index contributed by atoms with van der Waals surface area (Å²) in [5.41, 5.74) is 5.75. The molecular weight excluding hydrogens is 303 g/mol. The van der Waals surface area contributed by atoms with Crippen molar-refractivity contribution in [3.05, 3.63) is 30.3 Å². The topological polar surface area (TPSA) is 48.8 Å². The van der Waals surface area contributed by atoms with E-state index in [2.05, 4.69) is 50.8 Å². The van der Waals surface area contributed by atoms with Crippen LogP contribution in [0, 0.1) is 0 Å². The van der Waals surface area contributed by atoms with Crippen LogP contribution < -0.4 is 15.2 Å². The summed E-state index contributed by atoms with van der Waals surface area (Å²) in [6.07, 6.45) is 0. The van der Waals surface area contributed by atoms with Crippen molar-refractivity contribution in [2.45, 2.75) is 0 Å². The zero-order valence-electron chi connectivity index (χ0n) is 9.04. The van der Waals surface area contributed by atoms with Crippen molar-refractivity contribution in [2.75, 3.05) is 14.1 Å². The Bertz CT molecular complexity index is 421. The normalized spacial score (nSPS) is 26.8. The molecule has 1 heterocycles. The van der Waals surface area contributed by atoms with Crippen molar-refractivity contribution in [1.82, 2.24) is 10.9 Å². The summed E-state index contributed by atoms with van der Waals surface area (Å²) in [5.74, 6) is 0. The molecule has 1 aliphatic rings. The van der Waals surface area contributed by atoms with Crippen LogP contribution in [-0.2, 0) is 8.95 Å². The minimum atomic E-state index is -1.11. The molecule has 4 nitrogen and oxygen atoms in total. The molecule has 1 aromatic carbocycles. The van der Waals surface area contributed by atoms with Gasteiger partial charge in [0.05, 0.1) is 0 Å². The molecule has 7 heteroatoms. The van der Waals surface area contributed by atoms with Gasteiger partial charge in [0.1, 0.15) is 0 Å². The number of benzene rings is 1. The molecule has 86 valence electrons. The van der Waals surface area contributed by atoms with Crippen molar-refractivity contribution in [1.29, 1.82) is 0 Å². The second-order valence-electron chi connectivity index (χ2n) is 2.86. The monoisotopic (exact) mass is 316 g/mol. The van der Waals surface area contributed by atoms with E-state index in [1.165, 1.54) is 4.35 Å². The molecule has 2 rings (SSSR count). The Morgan fingerprint density at radius 3 is 2.56 bits per heavy atom. The molecule has 0 spiro atoms. The van der Waals surface area contributed by atoms with Gasteiger partial charge in [0, 0.05) is 0 Å². The third kappa shape index (κ3) is 2.51. The SMILES string of the molecule is CNN=C1S[As](c2ccccc2)S1=NNC. The third-order valence-corrected chi connectivity index (χ3v) is 18.4. The van der Waals surface area contributed by atoms with Gasteiger partial charge in [-0.3, -0.25) is 0 Å². The molecule has 2 N–H and O–H groups in total. The van der Waals surface area contributed by atoms with Crippen LogP contribution in [0.3, 0.4) is 0 Å². The number of rotatable bonds is 3. The first kappa shape index (κ1) is 12.2. The van der Waals surface area contributed by atoms with E-state index in [0.29, 0.717) is 0 Å². The van der Waals surface area contributed by atoms with Crippen LogP contribution in [-0.4, -0.2) is 30.8 Å². The first-order chi connectivity index (χ1) is 7.86. The molecule has 1 aromatic rings. The molecule has 0 amide bonds. The Kier molecular flexibility index (Phi) is 4.46. The molecule has 0 aromatic heterocycles. The van der Waals surface area contributed by atoms with E-state index in [0.717, 1.165) is 4.38 Å². The van der Waals surface area contributed by atoms with E-state index in [9.17, 15) is 0 Å². The number of hydrogen-bond donors (Lipinski definition) is 2. The van der Waals surface area contributed by atoms with Crippen molar-refractivity contribution in [3.8, 4) is 0 Å². The molecule has 0 aliphatic carbocycles. The summed E-state index contributed by atoms with van der Waals surface area (Å²) in [7, 11) is 5.58. The Morgan fingerprint density at radius 2 is 1.94 bits per heavy atom. The summed E-state index contributed by atoms with van der Waals surface area (Å²) in [6.45, 7) is 0. The molecule has 1 aliphatic heterocycles. The van der Waals surface area contributed by atoms with Crippen molar-refractivity contribution in [2.24, 2.45) is 9.57 Å². The molecule has 0 bridgehead atoms. The second-order valence-corrected chi connectivity index (χ2v) is 15.3. The molecule has 0 saturated carbocycles. The molecule has 1 fully saturated rings. The zero-order valence-corrected chi connectivity index (χ0v) is 12.6. The number of nitrogens with zero attached hydrogens (tertiary/aromatic N) is 2. The molecule has 1 saturated heterocycles. The number of hydrazone groups is 1. The van der Waals surface area contributed by atoms with Crippen LogP contribution in [0.1, 0.15) is 0 Å². The maximum absolute atomic E-state index is 4.44. The van der Waals surface area contributed by atoms with E-state index in [1.807, 2.05) is 24.1 Å². The summed E-state index contributed by atoms with van der Waals surface area (Å²) >= 11 is -1.11. The standard InChI is InChI=1S/C9H13AsN4S2/c1-11-13-9-15-10(16(9)14-12-2)8-6-4-3-5-7-8/h3-7,11-12H,1-2H3. The Morgan fingerprint density at radius 1 is 1.19 bits per heavy atom. The zero-order chi connectivity index (χ0) is 11.4. The molecular formula is C9H13AsN4S2. The average molecular weight is 316 g/mol. The molecule has 2 unspecified atom stereocenters. The fourth-order valence-electron chi connectivity index (χ4n) is 1.20. The van der Waals surface area contributed by atoms with E-state index in [-0.39, 0.29) is 8.95 Å². The van der Waals surface area contributed by atoms with Gasteiger partial charge in [-0.15, -0.1) is 0 Å². The predicted octanol–water partition coefficient (Wildman–Crippen LogP) is 0.555. The molecule has 2 atom stereocenters. The maximum atomic E-state index is 4.44. The second kappa shape index (κ2) is 5.87.